The Morgan fingerprint density at radius 2 is 2.14 bits per heavy atom. The average Bonchev–Trinajstić information content (AvgIpc) is 2.20. The number of hydrogen-bond acceptors (Lipinski definition) is 2. The fourth-order valence-corrected chi connectivity index (χ4v) is 1.85. The summed E-state index contributed by atoms with van der Waals surface area (Å²) in [5.74, 6) is 0.0669. The molecule has 1 aromatic rings. The third-order valence-corrected chi connectivity index (χ3v) is 2.60. The van der Waals surface area contributed by atoms with Gasteiger partial charge in [0.05, 0.1) is 5.92 Å². The van der Waals surface area contributed by atoms with Crippen molar-refractivity contribution in [2.75, 3.05) is 6.54 Å². The first-order valence-corrected chi connectivity index (χ1v) is 4.84. The second-order valence-corrected chi connectivity index (χ2v) is 3.54. The molecule has 1 amide bonds. The second kappa shape index (κ2) is 3.70. The van der Waals surface area contributed by atoms with E-state index in [2.05, 4.69) is 5.32 Å². The standard InChI is InChI=1S/C11H13NO2/c13-10-6-2-1-4-8(10)9-5-3-7-12-11(9)14/h1-2,4,6,9,13H,3,5,7H2,(H,12,14). The van der Waals surface area contributed by atoms with Crippen LogP contribution in [0.4, 0.5) is 0 Å². The molecule has 0 aliphatic carbocycles. The third-order valence-electron chi connectivity index (χ3n) is 2.60. The van der Waals surface area contributed by atoms with Crippen LogP contribution < -0.4 is 5.32 Å². The number of para-hydroxylation sites is 1. The molecule has 1 saturated heterocycles. The molecule has 1 aromatic carbocycles. The van der Waals surface area contributed by atoms with Gasteiger partial charge in [-0.25, -0.2) is 0 Å². The van der Waals surface area contributed by atoms with Gasteiger partial charge in [0.25, 0.3) is 0 Å². The van der Waals surface area contributed by atoms with Crippen LogP contribution in [0, 0.1) is 0 Å². The van der Waals surface area contributed by atoms with Gasteiger partial charge >= 0.3 is 0 Å². The minimum atomic E-state index is -0.176. The van der Waals surface area contributed by atoms with E-state index in [-0.39, 0.29) is 17.6 Å². The highest BCUT2D eigenvalue weighted by Crippen LogP contribution is 2.30. The summed E-state index contributed by atoms with van der Waals surface area (Å²) in [7, 11) is 0. The van der Waals surface area contributed by atoms with Crippen molar-refractivity contribution < 1.29 is 9.90 Å². The van der Waals surface area contributed by atoms with Gasteiger partial charge in [0, 0.05) is 12.1 Å². The van der Waals surface area contributed by atoms with Crippen molar-refractivity contribution in [1.29, 1.82) is 0 Å². The molecule has 3 heteroatoms. The normalized spacial score (nSPS) is 21.7. The molecule has 0 saturated carbocycles. The van der Waals surface area contributed by atoms with Crippen LogP contribution in [0.5, 0.6) is 5.75 Å². The van der Waals surface area contributed by atoms with Crippen molar-refractivity contribution >= 4 is 5.91 Å². The number of benzene rings is 1. The lowest BCUT2D eigenvalue weighted by atomic mass is 9.90. The van der Waals surface area contributed by atoms with Gasteiger partial charge in [-0.05, 0) is 18.9 Å². The first kappa shape index (κ1) is 9.06. The summed E-state index contributed by atoms with van der Waals surface area (Å²) < 4.78 is 0. The number of carbonyl (C=O) groups is 1. The third kappa shape index (κ3) is 1.58. The molecule has 1 aliphatic heterocycles. The van der Waals surface area contributed by atoms with Crippen molar-refractivity contribution in [2.45, 2.75) is 18.8 Å². The molecule has 1 atom stereocenters. The van der Waals surface area contributed by atoms with Crippen LogP contribution in [-0.2, 0) is 4.79 Å². The van der Waals surface area contributed by atoms with Crippen LogP contribution in [-0.4, -0.2) is 17.6 Å². The molecule has 0 aromatic heterocycles. The SMILES string of the molecule is O=C1NCCCC1c1ccccc1O. The number of phenols is 1. The van der Waals surface area contributed by atoms with Crippen LogP contribution >= 0.6 is 0 Å². The summed E-state index contributed by atoms with van der Waals surface area (Å²) in [6.07, 6.45) is 1.80. The molecule has 0 spiro atoms. The maximum absolute atomic E-state index is 11.5. The molecule has 14 heavy (non-hydrogen) atoms. The number of hydrogen-bond donors (Lipinski definition) is 2. The lowest BCUT2D eigenvalue weighted by molar-refractivity contribution is -0.123. The van der Waals surface area contributed by atoms with Crippen LogP contribution in [0.25, 0.3) is 0 Å². The van der Waals surface area contributed by atoms with Crippen molar-refractivity contribution in [3.8, 4) is 5.75 Å². The van der Waals surface area contributed by atoms with E-state index >= 15 is 0 Å². The van der Waals surface area contributed by atoms with Gasteiger partial charge in [-0.2, -0.15) is 0 Å². The lowest BCUT2D eigenvalue weighted by Gasteiger charge is -2.22. The number of piperidine rings is 1. The van der Waals surface area contributed by atoms with Crippen molar-refractivity contribution in [2.24, 2.45) is 0 Å². The smallest absolute Gasteiger partial charge is 0.227 e. The average molecular weight is 191 g/mol. The predicted octanol–water partition coefficient (Wildman–Crippen LogP) is 1.39. The number of rotatable bonds is 1. The van der Waals surface area contributed by atoms with E-state index in [1.165, 1.54) is 0 Å². The maximum Gasteiger partial charge on any atom is 0.227 e. The molecule has 0 radical (unpaired) electrons. The van der Waals surface area contributed by atoms with Crippen LogP contribution in [0.3, 0.4) is 0 Å². The minimum absolute atomic E-state index is 0.0257. The first-order valence-electron chi connectivity index (χ1n) is 4.84. The zero-order valence-electron chi connectivity index (χ0n) is 7.86. The van der Waals surface area contributed by atoms with Gasteiger partial charge in [0.15, 0.2) is 0 Å². The summed E-state index contributed by atoms with van der Waals surface area (Å²) in [6.45, 7) is 0.753. The summed E-state index contributed by atoms with van der Waals surface area (Å²) in [5, 5.41) is 12.4. The molecular formula is C11H13NO2. The van der Waals surface area contributed by atoms with E-state index in [4.69, 9.17) is 0 Å². The molecule has 1 fully saturated rings. The van der Waals surface area contributed by atoms with Gasteiger partial charge in [-0.1, -0.05) is 18.2 Å². The zero-order chi connectivity index (χ0) is 9.97. The fourth-order valence-electron chi connectivity index (χ4n) is 1.85. The van der Waals surface area contributed by atoms with Crippen LogP contribution in [0.2, 0.25) is 0 Å². The maximum atomic E-state index is 11.5. The number of aromatic hydroxyl groups is 1. The summed E-state index contributed by atoms with van der Waals surface area (Å²) in [5.41, 5.74) is 0.740. The summed E-state index contributed by atoms with van der Waals surface area (Å²) in [4.78, 5) is 11.5. The van der Waals surface area contributed by atoms with Gasteiger partial charge < -0.3 is 10.4 Å². The van der Waals surface area contributed by atoms with E-state index in [1.54, 1.807) is 12.1 Å². The quantitative estimate of drug-likeness (QED) is 0.704. The highest BCUT2D eigenvalue weighted by molar-refractivity contribution is 5.85. The minimum Gasteiger partial charge on any atom is -0.508 e. The largest absolute Gasteiger partial charge is 0.508 e. The number of carbonyl (C=O) groups excluding carboxylic acids is 1. The first-order chi connectivity index (χ1) is 6.79. The van der Waals surface area contributed by atoms with E-state index in [0.29, 0.717) is 0 Å². The van der Waals surface area contributed by atoms with E-state index in [0.717, 1.165) is 24.9 Å². The fraction of sp³-hybridized carbons (Fsp3) is 0.364. The Labute approximate surface area is 82.8 Å². The Hall–Kier alpha value is -1.51. The number of nitrogens with one attached hydrogen (secondary N) is 1. The number of amides is 1. The molecule has 1 aliphatic rings. The molecule has 1 unspecified atom stereocenters. The highest BCUT2D eigenvalue weighted by atomic mass is 16.3. The Morgan fingerprint density at radius 1 is 1.36 bits per heavy atom. The number of phenolic OH excluding ortho intramolecular Hbond substituents is 1. The molecule has 2 rings (SSSR count). The van der Waals surface area contributed by atoms with Crippen LogP contribution in [0.15, 0.2) is 24.3 Å². The van der Waals surface area contributed by atoms with Gasteiger partial charge in [0.1, 0.15) is 5.75 Å². The summed E-state index contributed by atoms with van der Waals surface area (Å²) >= 11 is 0. The zero-order valence-corrected chi connectivity index (χ0v) is 7.86. The Morgan fingerprint density at radius 3 is 2.86 bits per heavy atom. The van der Waals surface area contributed by atoms with E-state index in [1.807, 2.05) is 12.1 Å². The van der Waals surface area contributed by atoms with E-state index in [9.17, 15) is 9.90 Å². The summed E-state index contributed by atoms with van der Waals surface area (Å²) in [6, 6.07) is 7.04. The Kier molecular flexibility index (Phi) is 2.39. The monoisotopic (exact) mass is 191 g/mol. The topological polar surface area (TPSA) is 49.3 Å². The van der Waals surface area contributed by atoms with E-state index < -0.39 is 0 Å². The lowest BCUT2D eigenvalue weighted by Crippen LogP contribution is -2.35. The van der Waals surface area contributed by atoms with Crippen molar-refractivity contribution in [3.63, 3.8) is 0 Å². The molecule has 74 valence electrons. The van der Waals surface area contributed by atoms with Gasteiger partial charge in [0.2, 0.25) is 5.91 Å². The van der Waals surface area contributed by atoms with Crippen molar-refractivity contribution in [3.05, 3.63) is 29.8 Å². The Balaban J connectivity index is 2.29. The molecule has 1 heterocycles. The molecule has 0 bridgehead atoms. The van der Waals surface area contributed by atoms with Crippen LogP contribution in [0.1, 0.15) is 24.3 Å². The predicted molar refractivity (Wildman–Crippen MR) is 53.1 cm³/mol. The Bertz CT molecular complexity index is 349. The van der Waals surface area contributed by atoms with Gasteiger partial charge in [-0.15, -0.1) is 0 Å². The molecular weight excluding hydrogens is 178 g/mol. The molecule has 2 N–H and O–H groups in total. The van der Waals surface area contributed by atoms with Gasteiger partial charge in [-0.3, -0.25) is 4.79 Å². The van der Waals surface area contributed by atoms with Crippen molar-refractivity contribution in [1.82, 2.24) is 5.32 Å². The molecule has 3 nitrogen and oxygen atoms in total. The highest BCUT2D eigenvalue weighted by Gasteiger charge is 2.25. The second-order valence-electron chi connectivity index (χ2n) is 3.54.